The third-order valence-corrected chi connectivity index (χ3v) is 4.46. The van der Waals surface area contributed by atoms with Crippen LogP contribution in [-0.4, -0.2) is 28.7 Å². The number of anilines is 2. The Kier molecular flexibility index (Phi) is 3.35. The molecule has 0 bridgehead atoms. The summed E-state index contributed by atoms with van der Waals surface area (Å²) < 4.78 is 7.15. The van der Waals surface area contributed by atoms with Gasteiger partial charge in [-0.05, 0) is 13.0 Å². The van der Waals surface area contributed by atoms with Crippen LogP contribution in [0.25, 0.3) is 0 Å². The smallest absolute Gasteiger partial charge is 0.350 e. The third kappa shape index (κ3) is 2.24. The molecular formula is C13H16N4O2S. The molecule has 6 nitrogen and oxygen atoms in total. The number of esters is 1. The molecule has 0 fully saturated rings. The number of hydrogen-bond acceptors (Lipinski definition) is 6. The van der Waals surface area contributed by atoms with Crippen LogP contribution in [0.5, 0.6) is 0 Å². The Morgan fingerprint density at radius 1 is 1.55 bits per heavy atom. The molecule has 0 aliphatic carbocycles. The van der Waals surface area contributed by atoms with Gasteiger partial charge in [0.15, 0.2) is 0 Å². The molecule has 0 unspecified atom stereocenters. The minimum Gasteiger partial charge on any atom is -0.462 e. The van der Waals surface area contributed by atoms with Crippen molar-refractivity contribution >= 4 is 28.0 Å². The summed E-state index contributed by atoms with van der Waals surface area (Å²) in [6, 6.07) is 1.84. The molecule has 0 spiro atoms. The lowest BCUT2D eigenvalue weighted by Crippen LogP contribution is -2.32. The molecule has 0 saturated heterocycles. The molecule has 106 valence electrons. The van der Waals surface area contributed by atoms with E-state index in [2.05, 4.69) is 14.5 Å². The first-order valence-electron chi connectivity index (χ1n) is 6.50. The Hall–Kier alpha value is -2.02. The molecule has 1 aliphatic rings. The zero-order valence-corrected chi connectivity index (χ0v) is 12.0. The quantitative estimate of drug-likeness (QED) is 0.872. The Labute approximate surface area is 120 Å². The number of nitrogen functional groups attached to an aromatic ring is 1. The second-order valence-corrected chi connectivity index (χ2v) is 5.58. The maximum Gasteiger partial charge on any atom is 0.350 e. The standard InChI is InChI=1S/C13H16N4O2S/c1-2-19-13(18)12-9(14)7-11(20-12)17-6-5-16-4-3-15-10(16)8-17/h3-4,7H,2,5-6,8,14H2,1H3. The van der Waals surface area contributed by atoms with Gasteiger partial charge < -0.3 is 19.9 Å². The number of imidazole rings is 1. The van der Waals surface area contributed by atoms with Crippen LogP contribution in [-0.2, 0) is 17.8 Å². The van der Waals surface area contributed by atoms with E-state index in [4.69, 9.17) is 10.5 Å². The lowest BCUT2D eigenvalue weighted by atomic mass is 10.3. The predicted molar refractivity (Wildman–Crippen MR) is 78.0 cm³/mol. The average molecular weight is 292 g/mol. The van der Waals surface area contributed by atoms with Gasteiger partial charge in [0.25, 0.3) is 0 Å². The number of carbonyl (C=O) groups is 1. The summed E-state index contributed by atoms with van der Waals surface area (Å²) in [4.78, 5) is 18.8. The van der Waals surface area contributed by atoms with Crippen molar-refractivity contribution in [3.63, 3.8) is 0 Å². The molecule has 3 heterocycles. The fraction of sp³-hybridized carbons (Fsp3) is 0.385. The van der Waals surface area contributed by atoms with Crippen molar-refractivity contribution in [2.75, 3.05) is 23.8 Å². The molecule has 2 aromatic heterocycles. The molecule has 1 aliphatic heterocycles. The summed E-state index contributed by atoms with van der Waals surface area (Å²) in [5.74, 6) is 0.681. The average Bonchev–Trinajstić information content (AvgIpc) is 3.04. The fourth-order valence-electron chi connectivity index (χ4n) is 2.27. The van der Waals surface area contributed by atoms with Gasteiger partial charge in [0, 0.05) is 25.5 Å². The molecule has 20 heavy (non-hydrogen) atoms. The van der Waals surface area contributed by atoms with E-state index in [9.17, 15) is 4.79 Å². The molecule has 0 atom stereocenters. The van der Waals surface area contributed by atoms with Gasteiger partial charge in [-0.1, -0.05) is 0 Å². The molecule has 0 amide bonds. The van der Waals surface area contributed by atoms with Crippen molar-refractivity contribution in [1.82, 2.24) is 9.55 Å². The Balaban J connectivity index is 1.82. The van der Waals surface area contributed by atoms with E-state index in [1.807, 2.05) is 18.5 Å². The van der Waals surface area contributed by atoms with Crippen molar-refractivity contribution in [1.29, 1.82) is 0 Å². The van der Waals surface area contributed by atoms with Crippen molar-refractivity contribution in [3.05, 3.63) is 29.2 Å². The second kappa shape index (κ2) is 5.16. The number of carbonyl (C=O) groups excluding carboxylic acids is 1. The summed E-state index contributed by atoms with van der Waals surface area (Å²) in [6.45, 7) is 4.64. The fourth-order valence-corrected chi connectivity index (χ4v) is 3.26. The number of nitrogens with zero attached hydrogens (tertiary/aromatic N) is 3. The normalized spacial score (nSPS) is 14.2. The van der Waals surface area contributed by atoms with E-state index in [0.717, 1.165) is 30.5 Å². The number of ether oxygens (including phenoxy) is 1. The van der Waals surface area contributed by atoms with Gasteiger partial charge in [0.2, 0.25) is 0 Å². The Morgan fingerprint density at radius 3 is 3.20 bits per heavy atom. The van der Waals surface area contributed by atoms with Crippen molar-refractivity contribution in [2.45, 2.75) is 20.0 Å². The van der Waals surface area contributed by atoms with Gasteiger partial charge in [-0.15, -0.1) is 11.3 Å². The molecular weight excluding hydrogens is 276 g/mol. The predicted octanol–water partition coefficient (Wildman–Crippen LogP) is 1.72. The zero-order valence-electron chi connectivity index (χ0n) is 11.2. The first kappa shape index (κ1) is 13.0. The molecule has 0 radical (unpaired) electrons. The highest BCUT2D eigenvalue weighted by molar-refractivity contribution is 7.18. The summed E-state index contributed by atoms with van der Waals surface area (Å²) in [5, 5.41) is 0.986. The first-order valence-corrected chi connectivity index (χ1v) is 7.32. The summed E-state index contributed by atoms with van der Waals surface area (Å²) >= 11 is 1.38. The van der Waals surface area contributed by atoms with E-state index < -0.39 is 0 Å². The maximum absolute atomic E-state index is 11.8. The minimum absolute atomic E-state index is 0.347. The maximum atomic E-state index is 11.8. The number of aromatic nitrogens is 2. The third-order valence-electron chi connectivity index (χ3n) is 3.27. The highest BCUT2D eigenvalue weighted by atomic mass is 32.1. The lowest BCUT2D eigenvalue weighted by molar-refractivity contribution is 0.0533. The molecule has 3 rings (SSSR count). The van der Waals surface area contributed by atoms with Crippen LogP contribution in [0, 0.1) is 0 Å². The van der Waals surface area contributed by atoms with E-state index in [1.165, 1.54) is 11.3 Å². The summed E-state index contributed by atoms with van der Waals surface area (Å²) in [5.41, 5.74) is 6.40. The number of hydrogen-bond donors (Lipinski definition) is 1. The van der Waals surface area contributed by atoms with Crippen LogP contribution in [0.2, 0.25) is 0 Å². The SMILES string of the molecule is CCOC(=O)c1sc(N2CCn3ccnc3C2)cc1N. The van der Waals surface area contributed by atoms with E-state index in [0.29, 0.717) is 17.2 Å². The van der Waals surface area contributed by atoms with Crippen LogP contribution in [0.1, 0.15) is 22.4 Å². The monoisotopic (exact) mass is 292 g/mol. The molecule has 2 N–H and O–H groups in total. The number of thiophene rings is 1. The van der Waals surface area contributed by atoms with Crippen LogP contribution in [0.3, 0.4) is 0 Å². The molecule has 7 heteroatoms. The second-order valence-electron chi connectivity index (χ2n) is 4.55. The summed E-state index contributed by atoms with van der Waals surface area (Å²) in [6.07, 6.45) is 3.80. The van der Waals surface area contributed by atoms with Gasteiger partial charge in [-0.3, -0.25) is 0 Å². The zero-order chi connectivity index (χ0) is 14.1. The minimum atomic E-state index is -0.347. The molecule has 2 aromatic rings. The molecule has 0 saturated carbocycles. The van der Waals surface area contributed by atoms with Crippen LogP contribution < -0.4 is 10.6 Å². The van der Waals surface area contributed by atoms with Crippen LogP contribution in [0.4, 0.5) is 10.7 Å². The van der Waals surface area contributed by atoms with E-state index in [-0.39, 0.29) is 5.97 Å². The number of rotatable bonds is 3. The largest absolute Gasteiger partial charge is 0.462 e. The van der Waals surface area contributed by atoms with Crippen molar-refractivity contribution < 1.29 is 9.53 Å². The Bertz CT molecular complexity index is 634. The van der Waals surface area contributed by atoms with Crippen LogP contribution in [0.15, 0.2) is 18.5 Å². The van der Waals surface area contributed by atoms with Crippen molar-refractivity contribution in [3.8, 4) is 0 Å². The van der Waals surface area contributed by atoms with Crippen LogP contribution >= 0.6 is 11.3 Å². The first-order chi connectivity index (χ1) is 9.69. The van der Waals surface area contributed by atoms with Crippen molar-refractivity contribution in [2.24, 2.45) is 0 Å². The highest BCUT2D eigenvalue weighted by Crippen LogP contribution is 2.34. The Morgan fingerprint density at radius 2 is 2.40 bits per heavy atom. The van der Waals surface area contributed by atoms with Gasteiger partial charge in [0.1, 0.15) is 10.7 Å². The lowest BCUT2D eigenvalue weighted by Gasteiger charge is -2.28. The van der Waals surface area contributed by atoms with Gasteiger partial charge in [0.05, 0.1) is 23.8 Å². The highest BCUT2D eigenvalue weighted by Gasteiger charge is 2.22. The van der Waals surface area contributed by atoms with Gasteiger partial charge >= 0.3 is 5.97 Å². The van der Waals surface area contributed by atoms with Gasteiger partial charge in [-0.25, -0.2) is 9.78 Å². The number of nitrogens with two attached hydrogens (primary N) is 1. The topological polar surface area (TPSA) is 73.4 Å². The van der Waals surface area contributed by atoms with E-state index in [1.54, 1.807) is 6.92 Å². The summed E-state index contributed by atoms with van der Waals surface area (Å²) in [7, 11) is 0. The van der Waals surface area contributed by atoms with E-state index >= 15 is 0 Å². The number of fused-ring (bicyclic) bond motifs is 1. The van der Waals surface area contributed by atoms with Gasteiger partial charge in [-0.2, -0.15) is 0 Å². The molecule has 0 aromatic carbocycles.